The molecule has 7 heteroatoms. The standard InChI is InChI=1S/C14H20N2O4S/c1-21(18,19)12-4-2-11(3-5-12)10-16-13(17)14(15)6-8-20-9-7-14/h2-5H,6-10,15H2,1H3,(H,16,17). The third-order valence-electron chi connectivity index (χ3n) is 3.64. The van der Waals surface area contributed by atoms with Crippen molar-refractivity contribution in [3.8, 4) is 0 Å². The van der Waals surface area contributed by atoms with Crippen molar-refractivity contribution in [2.45, 2.75) is 29.8 Å². The van der Waals surface area contributed by atoms with Gasteiger partial charge in [0.05, 0.1) is 10.4 Å². The van der Waals surface area contributed by atoms with Crippen LogP contribution in [-0.4, -0.2) is 39.3 Å². The first-order valence-corrected chi connectivity index (χ1v) is 8.64. The summed E-state index contributed by atoms with van der Waals surface area (Å²) in [6.45, 7) is 1.31. The Morgan fingerprint density at radius 3 is 2.38 bits per heavy atom. The zero-order chi connectivity index (χ0) is 15.5. The number of nitrogens with one attached hydrogen (secondary N) is 1. The first-order chi connectivity index (χ1) is 9.81. The van der Waals surface area contributed by atoms with Crippen molar-refractivity contribution in [1.82, 2.24) is 5.32 Å². The minimum absolute atomic E-state index is 0.196. The molecular formula is C14H20N2O4S. The molecule has 1 aliphatic heterocycles. The molecule has 116 valence electrons. The lowest BCUT2D eigenvalue weighted by atomic mass is 9.90. The highest BCUT2D eigenvalue weighted by Crippen LogP contribution is 2.18. The molecule has 1 aromatic carbocycles. The number of sulfone groups is 1. The van der Waals surface area contributed by atoms with E-state index in [2.05, 4.69) is 5.32 Å². The molecule has 1 saturated heterocycles. The highest BCUT2D eigenvalue weighted by Gasteiger charge is 2.35. The maximum absolute atomic E-state index is 12.1. The van der Waals surface area contributed by atoms with Gasteiger partial charge in [0.2, 0.25) is 5.91 Å². The van der Waals surface area contributed by atoms with Crippen LogP contribution < -0.4 is 11.1 Å². The number of carbonyl (C=O) groups excluding carboxylic acids is 1. The average molecular weight is 312 g/mol. The Morgan fingerprint density at radius 1 is 1.29 bits per heavy atom. The van der Waals surface area contributed by atoms with Crippen molar-refractivity contribution in [3.63, 3.8) is 0 Å². The molecule has 1 fully saturated rings. The monoisotopic (exact) mass is 312 g/mol. The van der Waals surface area contributed by atoms with Gasteiger partial charge in [-0.2, -0.15) is 0 Å². The predicted molar refractivity (Wildman–Crippen MR) is 78.4 cm³/mol. The second kappa shape index (κ2) is 6.13. The van der Waals surface area contributed by atoms with Gasteiger partial charge >= 0.3 is 0 Å². The molecule has 0 aliphatic carbocycles. The molecular weight excluding hydrogens is 292 g/mol. The van der Waals surface area contributed by atoms with Gasteiger partial charge in [-0.1, -0.05) is 12.1 Å². The number of amides is 1. The summed E-state index contributed by atoms with van der Waals surface area (Å²) < 4.78 is 27.9. The average Bonchev–Trinajstić information content (AvgIpc) is 2.45. The third-order valence-corrected chi connectivity index (χ3v) is 4.77. The van der Waals surface area contributed by atoms with Crippen LogP contribution >= 0.6 is 0 Å². The van der Waals surface area contributed by atoms with E-state index >= 15 is 0 Å². The molecule has 21 heavy (non-hydrogen) atoms. The molecule has 2 rings (SSSR count). The van der Waals surface area contributed by atoms with Crippen LogP contribution in [0, 0.1) is 0 Å². The number of ether oxygens (including phenoxy) is 1. The number of hydrogen-bond acceptors (Lipinski definition) is 5. The van der Waals surface area contributed by atoms with Crippen LogP contribution in [-0.2, 0) is 25.9 Å². The Hall–Kier alpha value is -1.44. The zero-order valence-corrected chi connectivity index (χ0v) is 12.8. The van der Waals surface area contributed by atoms with E-state index in [1.807, 2.05) is 0 Å². The van der Waals surface area contributed by atoms with Gasteiger partial charge in [-0.3, -0.25) is 4.79 Å². The number of benzene rings is 1. The summed E-state index contributed by atoms with van der Waals surface area (Å²) in [6, 6.07) is 6.43. The SMILES string of the molecule is CS(=O)(=O)c1ccc(CNC(=O)C2(N)CCOCC2)cc1. The van der Waals surface area contributed by atoms with E-state index in [4.69, 9.17) is 10.5 Å². The molecule has 0 saturated carbocycles. The number of hydrogen-bond donors (Lipinski definition) is 2. The lowest BCUT2D eigenvalue weighted by molar-refractivity contribution is -0.129. The Morgan fingerprint density at radius 2 is 1.86 bits per heavy atom. The minimum atomic E-state index is -3.20. The topological polar surface area (TPSA) is 98.5 Å². The second-order valence-corrected chi connectivity index (χ2v) is 7.38. The number of rotatable bonds is 4. The molecule has 0 spiro atoms. The van der Waals surface area contributed by atoms with Crippen LogP contribution in [0.3, 0.4) is 0 Å². The van der Waals surface area contributed by atoms with Gasteiger partial charge in [0.1, 0.15) is 0 Å². The fourth-order valence-corrected chi connectivity index (χ4v) is 2.81. The van der Waals surface area contributed by atoms with Crippen LogP contribution in [0.15, 0.2) is 29.2 Å². The highest BCUT2D eigenvalue weighted by atomic mass is 32.2. The summed E-state index contributed by atoms with van der Waals surface area (Å²) in [5.41, 5.74) is 6.03. The van der Waals surface area contributed by atoms with Crippen LogP contribution in [0.4, 0.5) is 0 Å². The van der Waals surface area contributed by atoms with Crippen molar-refractivity contribution >= 4 is 15.7 Å². The van der Waals surface area contributed by atoms with Crippen molar-refractivity contribution in [2.24, 2.45) is 5.73 Å². The van der Waals surface area contributed by atoms with Crippen LogP contribution in [0.25, 0.3) is 0 Å². The number of carbonyl (C=O) groups is 1. The first kappa shape index (κ1) is 15.9. The molecule has 0 atom stereocenters. The quantitative estimate of drug-likeness (QED) is 0.828. The van der Waals surface area contributed by atoms with Crippen molar-refractivity contribution in [2.75, 3.05) is 19.5 Å². The lowest BCUT2D eigenvalue weighted by Gasteiger charge is -2.31. The largest absolute Gasteiger partial charge is 0.381 e. The second-order valence-electron chi connectivity index (χ2n) is 5.37. The van der Waals surface area contributed by atoms with Gasteiger partial charge in [0.15, 0.2) is 9.84 Å². The molecule has 3 N–H and O–H groups in total. The summed E-state index contributed by atoms with van der Waals surface area (Å²) in [6.07, 6.45) is 2.17. The maximum atomic E-state index is 12.1. The molecule has 6 nitrogen and oxygen atoms in total. The van der Waals surface area contributed by atoms with Gasteiger partial charge < -0.3 is 15.8 Å². The van der Waals surface area contributed by atoms with E-state index in [9.17, 15) is 13.2 Å². The third kappa shape index (κ3) is 4.03. The van der Waals surface area contributed by atoms with E-state index in [0.717, 1.165) is 11.8 Å². The molecule has 1 amide bonds. The fraction of sp³-hybridized carbons (Fsp3) is 0.500. The fourth-order valence-electron chi connectivity index (χ4n) is 2.18. The van der Waals surface area contributed by atoms with E-state index in [1.165, 1.54) is 12.1 Å². The van der Waals surface area contributed by atoms with Crippen LogP contribution in [0.5, 0.6) is 0 Å². The highest BCUT2D eigenvalue weighted by molar-refractivity contribution is 7.90. The van der Waals surface area contributed by atoms with Gasteiger partial charge in [-0.15, -0.1) is 0 Å². The van der Waals surface area contributed by atoms with E-state index in [1.54, 1.807) is 12.1 Å². The van der Waals surface area contributed by atoms with Crippen LogP contribution in [0.1, 0.15) is 18.4 Å². The smallest absolute Gasteiger partial charge is 0.240 e. The van der Waals surface area contributed by atoms with Gasteiger partial charge in [0, 0.05) is 26.0 Å². The molecule has 0 radical (unpaired) electrons. The van der Waals surface area contributed by atoms with Gasteiger partial charge in [0.25, 0.3) is 0 Å². The van der Waals surface area contributed by atoms with Crippen molar-refractivity contribution in [3.05, 3.63) is 29.8 Å². The van der Waals surface area contributed by atoms with Crippen LogP contribution in [0.2, 0.25) is 0 Å². The Labute approximate surface area is 124 Å². The molecule has 1 aliphatic rings. The summed E-state index contributed by atoms with van der Waals surface area (Å²) in [4.78, 5) is 12.4. The van der Waals surface area contributed by atoms with Gasteiger partial charge in [-0.05, 0) is 30.5 Å². The molecule has 0 bridgehead atoms. The Kier molecular flexibility index (Phi) is 4.65. The van der Waals surface area contributed by atoms with Gasteiger partial charge in [-0.25, -0.2) is 8.42 Å². The molecule has 1 aromatic rings. The lowest BCUT2D eigenvalue weighted by Crippen LogP contribution is -2.56. The summed E-state index contributed by atoms with van der Waals surface area (Å²) >= 11 is 0. The van der Waals surface area contributed by atoms with E-state index < -0.39 is 15.4 Å². The summed E-state index contributed by atoms with van der Waals surface area (Å²) in [5.74, 6) is -0.196. The Balaban J connectivity index is 1.95. The maximum Gasteiger partial charge on any atom is 0.240 e. The van der Waals surface area contributed by atoms with E-state index in [-0.39, 0.29) is 10.8 Å². The number of nitrogens with two attached hydrogens (primary N) is 1. The normalized spacial score (nSPS) is 18.2. The molecule has 0 unspecified atom stereocenters. The minimum Gasteiger partial charge on any atom is -0.381 e. The van der Waals surface area contributed by atoms with Crippen molar-refractivity contribution < 1.29 is 17.9 Å². The molecule has 0 aromatic heterocycles. The Bertz CT molecular complexity index is 604. The summed E-state index contributed by atoms with van der Waals surface area (Å²) in [5, 5.41) is 2.80. The first-order valence-electron chi connectivity index (χ1n) is 6.75. The molecule has 1 heterocycles. The zero-order valence-electron chi connectivity index (χ0n) is 12.0. The predicted octanol–water partition coefficient (Wildman–Crippen LogP) is 0.214. The summed E-state index contributed by atoms with van der Waals surface area (Å²) in [7, 11) is -3.20. The van der Waals surface area contributed by atoms with Crippen molar-refractivity contribution in [1.29, 1.82) is 0 Å². The van der Waals surface area contributed by atoms with E-state index in [0.29, 0.717) is 32.6 Å².